The first-order valence-electron chi connectivity index (χ1n) is 9.52. The predicted octanol–water partition coefficient (Wildman–Crippen LogP) is 3.30. The number of nitrogens with zero attached hydrogens (tertiary/aromatic N) is 2. The van der Waals surface area contributed by atoms with E-state index in [2.05, 4.69) is 22.4 Å². The second-order valence-corrected chi connectivity index (χ2v) is 8.96. The van der Waals surface area contributed by atoms with Gasteiger partial charge < -0.3 is 9.88 Å². The third kappa shape index (κ3) is 3.21. The Bertz CT molecular complexity index is 724. The molecule has 0 atom stereocenters. The minimum absolute atomic E-state index is 0.0324. The number of aromatic nitrogens is 3. The number of hydrogen-bond donors (Lipinski definition) is 2. The third-order valence-electron chi connectivity index (χ3n) is 6.84. The lowest BCUT2D eigenvalue weighted by atomic mass is 9.48. The van der Waals surface area contributed by atoms with Gasteiger partial charge in [-0.15, -0.1) is 0 Å². The topological polar surface area (TPSA) is 62.7 Å². The number of amides is 1. The quantitative estimate of drug-likeness (QED) is 0.625. The molecular weight excluding hydrogens is 332 g/mol. The molecule has 4 bridgehead atoms. The fourth-order valence-electron chi connectivity index (χ4n) is 5.90. The molecule has 0 saturated heterocycles. The average Bonchev–Trinajstić information content (AvgIpc) is 2.85. The van der Waals surface area contributed by atoms with E-state index >= 15 is 0 Å². The molecule has 0 radical (unpaired) electrons. The Morgan fingerprint density at radius 2 is 1.92 bits per heavy atom. The van der Waals surface area contributed by atoms with Crippen molar-refractivity contribution in [1.82, 2.24) is 20.1 Å². The van der Waals surface area contributed by atoms with Gasteiger partial charge in [-0.2, -0.15) is 5.10 Å². The van der Waals surface area contributed by atoms with Crippen LogP contribution >= 0.6 is 12.2 Å². The van der Waals surface area contributed by atoms with Gasteiger partial charge in [-0.1, -0.05) is 5.57 Å². The Hall–Kier alpha value is -1.43. The van der Waals surface area contributed by atoms with Gasteiger partial charge in [0.05, 0.1) is 0 Å². The van der Waals surface area contributed by atoms with Crippen LogP contribution < -0.4 is 5.32 Å². The van der Waals surface area contributed by atoms with Crippen LogP contribution in [0, 0.1) is 27.9 Å². The monoisotopic (exact) mass is 360 g/mol. The minimum Gasteiger partial charge on any atom is -0.352 e. The second kappa shape index (κ2) is 6.38. The molecule has 0 aromatic carbocycles. The first-order valence-corrected chi connectivity index (χ1v) is 9.93. The van der Waals surface area contributed by atoms with Gasteiger partial charge in [0.25, 0.3) is 0 Å². The second-order valence-electron chi connectivity index (χ2n) is 8.57. The van der Waals surface area contributed by atoms with Gasteiger partial charge in [-0.05, 0) is 80.8 Å². The van der Waals surface area contributed by atoms with Gasteiger partial charge in [-0.3, -0.25) is 9.89 Å². The summed E-state index contributed by atoms with van der Waals surface area (Å²) < 4.78 is 2.46. The average molecular weight is 361 g/mol. The first-order chi connectivity index (χ1) is 11.9. The lowest BCUT2D eigenvalue weighted by Crippen LogP contribution is -2.46. The summed E-state index contributed by atoms with van der Waals surface area (Å²) in [4.78, 5) is 12.4. The van der Waals surface area contributed by atoms with Gasteiger partial charge in [0.15, 0.2) is 4.77 Å². The number of carbonyl (C=O) groups is 1. The Morgan fingerprint density at radius 3 is 2.44 bits per heavy atom. The molecule has 1 heterocycles. The van der Waals surface area contributed by atoms with E-state index in [1.165, 1.54) is 44.1 Å². The van der Waals surface area contributed by atoms with Gasteiger partial charge in [0.2, 0.25) is 5.91 Å². The van der Waals surface area contributed by atoms with Crippen LogP contribution in [-0.2, 0) is 18.3 Å². The van der Waals surface area contributed by atoms with Crippen LogP contribution in [0.3, 0.4) is 0 Å². The maximum Gasteiger partial charge on any atom is 0.243 e. The molecule has 4 saturated carbocycles. The maximum atomic E-state index is 12.4. The number of carbonyl (C=O) groups excluding carboxylic acids is 1. The summed E-state index contributed by atoms with van der Waals surface area (Å²) in [6.07, 6.45) is 10.8. The fraction of sp³-hybridized carbons (Fsp3) is 0.737. The van der Waals surface area contributed by atoms with Gasteiger partial charge in [0, 0.05) is 26.1 Å². The minimum atomic E-state index is 0.0324. The fourth-order valence-corrected chi connectivity index (χ4v) is 6.05. The maximum absolute atomic E-state index is 12.4. The number of H-pyrrole nitrogens is 1. The van der Waals surface area contributed by atoms with Crippen molar-refractivity contribution in [3.8, 4) is 0 Å². The Balaban J connectivity index is 1.36. The van der Waals surface area contributed by atoms with E-state index in [0.717, 1.165) is 23.6 Å². The van der Waals surface area contributed by atoms with Gasteiger partial charge in [-0.25, -0.2) is 0 Å². The molecule has 136 valence electrons. The van der Waals surface area contributed by atoms with E-state index < -0.39 is 0 Å². The molecule has 5 nitrogen and oxygen atoms in total. The lowest BCUT2D eigenvalue weighted by Gasteiger charge is -2.57. The molecule has 4 aliphatic carbocycles. The summed E-state index contributed by atoms with van der Waals surface area (Å²) in [6.45, 7) is 2.76. The van der Waals surface area contributed by atoms with Crippen molar-refractivity contribution < 1.29 is 4.79 Å². The molecular formula is C19H28N4OS. The Morgan fingerprint density at radius 1 is 1.32 bits per heavy atom. The largest absolute Gasteiger partial charge is 0.352 e. The van der Waals surface area contributed by atoms with E-state index in [1.54, 1.807) is 0 Å². The zero-order valence-corrected chi connectivity index (χ0v) is 16.0. The van der Waals surface area contributed by atoms with E-state index in [-0.39, 0.29) is 5.91 Å². The third-order valence-corrected chi connectivity index (χ3v) is 7.21. The van der Waals surface area contributed by atoms with Crippen LogP contribution in [0.4, 0.5) is 0 Å². The van der Waals surface area contributed by atoms with E-state index in [0.29, 0.717) is 23.2 Å². The highest BCUT2D eigenvalue weighted by Crippen LogP contribution is 2.62. The normalized spacial score (nSPS) is 33.7. The van der Waals surface area contributed by atoms with E-state index in [1.807, 2.05) is 17.7 Å². The molecule has 1 amide bonds. The summed E-state index contributed by atoms with van der Waals surface area (Å²) >= 11 is 5.11. The van der Waals surface area contributed by atoms with Crippen LogP contribution in [0.25, 0.3) is 0 Å². The van der Waals surface area contributed by atoms with Crippen LogP contribution in [0.15, 0.2) is 11.6 Å². The SMILES string of the molecule is C/C(=C\C(=O)NCCc1n[nH]c(=S)n1C)C12CC3CC(CC(C3)C1)C2. The van der Waals surface area contributed by atoms with Crippen LogP contribution in [0.1, 0.15) is 51.3 Å². The van der Waals surface area contributed by atoms with Crippen molar-refractivity contribution in [2.75, 3.05) is 6.54 Å². The highest BCUT2D eigenvalue weighted by molar-refractivity contribution is 7.71. The zero-order valence-electron chi connectivity index (χ0n) is 15.2. The number of hydrogen-bond acceptors (Lipinski definition) is 3. The predicted molar refractivity (Wildman–Crippen MR) is 99.5 cm³/mol. The lowest BCUT2D eigenvalue weighted by molar-refractivity contribution is -0.116. The molecule has 6 heteroatoms. The number of rotatable bonds is 5. The highest BCUT2D eigenvalue weighted by Gasteiger charge is 2.51. The number of allylic oxidation sites excluding steroid dienone is 1. The number of aromatic amines is 1. The van der Waals surface area contributed by atoms with Crippen LogP contribution in [0.2, 0.25) is 0 Å². The molecule has 1 aromatic rings. The van der Waals surface area contributed by atoms with Crippen molar-refractivity contribution in [1.29, 1.82) is 0 Å². The van der Waals surface area contributed by atoms with Crippen molar-refractivity contribution in [2.24, 2.45) is 30.2 Å². The molecule has 0 spiro atoms. The van der Waals surface area contributed by atoms with Crippen LogP contribution in [-0.4, -0.2) is 27.2 Å². The summed E-state index contributed by atoms with van der Waals surface area (Å²) in [5, 5.41) is 9.97. The molecule has 2 N–H and O–H groups in total. The smallest absolute Gasteiger partial charge is 0.243 e. The summed E-state index contributed by atoms with van der Waals surface area (Å²) in [7, 11) is 1.89. The van der Waals surface area contributed by atoms with Gasteiger partial charge in [0.1, 0.15) is 5.82 Å². The van der Waals surface area contributed by atoms with Gasteiger partial charge >= 0.3 is 0 Å². The molecule has 0 unspecified atom stereocenters. The first kappa shape index (κ1) is 17.0. The molecule has 0 aliphatic heterocycles. The van der Waals surface area contributed by atoms with E-state index in [9.17, 15) is 4.79 Å². The van der Waals surface area contributed by atoms with Crippen molar-refractivity contribution in [3.05, 3.63) is 22.2 Å². The van der Waals surface area contributed by atoms with Crippen molar-refractivity contribution in [2.45, 2.75) is 51.9 Å². The van der Waals surface area contributed by atoms with Crippen molar-refractivity contribution >= 4 is 18.1 Å². The molecule has 4 fully saturated rings. The Kier molecular flexibility index (Phi) is 4.34. The summed E-state index contributed by atoms with van der Waals surface area (Å²) in [5.74, 6) is 3.62. The molecule has 1 aromatic heterocycles. The summed E-state index contributed by atoms with van der Waals surface area (Å²) in [5.41, 5.74) is 1.63. The number of nitrogens with one attached hydrogen (secondary N) is 2. The van der Waals surface area contributed by atoms with Crippen molar-refractivity contribution in [3.63, 3.8) is 0 Å². The van der Waals surface area contributed by atoms with E-state index in [4.69, 9.17) is 12.2 Å². The van der Waals surface area contributed by atoms with Crippen LogP contribution in [0.5, 0.6) is 0 Å². The zero-order chi connectivity index (χ0) is 17.6. The molecule has 25 heavy (non-hydrogen) atoms. The molecule has 4 aliphatic rings. The standard InChI is InChI=1S/C19H28N4OS/c1-12(19-9-13-6-14(10-19)8-15(7-13)11-19)5-17(24)20-4-3-16-21-22-18(25)23(16)2/h5,13-15H,3-4,6-11H2,1-2H3,(H,20,24)(H,22,25)/b12-5+. The summed E-state index contributed by atoms with van der Waals surface area (Å²) in [6, 6.07) is 0. The highest BCUT2D eigenvalue weighted by atomic mass is 32.1. The molecule has 5 rings (SSSR count). The Labute approximate surface area is 154 Å².